The van der Waals surface area contributed by atoms with Gasteiger partial charge in [-0.05, 0) is 62.0 Å². The summed E-state index contributed by atoms with van der Waals surface area (Å²) in [7, 11) is 0. The molecule has 6 nitrogen and oxygen atoms in total. The van der Waals surface area contributed by atoms with Crippen LogP contribution in [0.1, 0.15) is 38.5 Å². The van der Waals surface area contributed by atoms with E-state index in [1.165, 1.54) is 23.9 Å². The highest BCUT2D eigenvalue weighted by Gasteiger charge is 2.20. The molecule has 1 aliphatic carbocycles. The van der Waals surface area contributed by atoms with E-state index < -0.39 is 5.82 Å². The Morgan fingerprint density at radius 3 is 2.72 bits per heavy atom. The molecule has 4 rings (SSSR count). The van der Waals surface area contributed by atoms with E-state index in [4.69, 9.17) is 16.3 Å². The first-order valence-electron chi connectivity index (χ1n) is 9.68. The van der Waals surface area contributed by atoms with E-state index in [-0.39, 0.29) is 33.4 Å². The fourth-order valence-electron chi connectivity index (χ4n) is 3.60. The number of nitrogens with zero attached hydrogens (tertiary/aromatic N) is 3. The molecule has 1 saturated carbocycles. The summed E-state index contributed by atoms with van der Waals surface area (Å²) < 4.78 is 23.4. The lowest BCUT2D eigenvalue weighted by atomic mass is 10.3. The van der Waals surface area contributed by atoms with Gasteiger partial charge in [0.1, 0.15) is 17.6 Å². The standard InChI is InChI=1S/C19H21ClFN3O3S2/c20-13-9-14(21)15(22-18-23-7-3-4-8-24(23)19(26)29-18)10-16(13)28-11-17(25)27-12-5-1-2-6-12/h9-10,12H,1-8,11H2. The molecule has 2 heterocycles. The zero-order chi connectivity index (χ0) is 20.4. The highest BCUT2D eigenvalue weighted by molar-refractivity contribution is 8.00. The lowest BCUT2D eigenvalue weighted by Gasteiger charge is -2.15. The average Bonchev–Trinajstić information content (AvgIpc) is 3.31. The zero-order valence-corrected chi connectivity index (χ0v) is 18.1. The van der Waals surface area contributed by atoms with Crippen molar-refractivity contribution < 1.29 is 13.9 Å². The van der Waals surface area contributed by atoms with E-state index in [9.17, 15) is 14.0 Å². The summed E-state index contributed by atoms with van der Waals surface area (Å²) in [4.78, 5) is 29.5. The van der Waals surface area contributed by atoms with Crippen molar-refractivity contribution in [2.45, 2.75) is 62.6 Å². The van der Waals surface area contributed by atoms with E-state index >= 15 is 0 Å². The maximum absolute atomic E-state index is 14.5. The smallest absolute Gasteiger partial charge is 0.325 e. The van der Waals surface area contributed by atoms with Crippen LogP contribution in [0.4, 0.5) is 10.1 Å². The van der Waals surface area contributed by atoms with Crippen molar-refractivity contribution in [3.8, 4) is 0 Å². The molecule has 2 aromatic rings. The maximum Gasteiger partial charge on any atom is 0.325 e. The third-order valence-corrected chi connectivity index (χ3v) is 7.38. The van der Waals surface area contributed by atoms with Gasteiger partial charge in [-0.15, -0.1) is 11.8 Å². The Kier molecular flexibility index (Phi) is 6.46. The number of rotatable bonds is 5. The van der Waals surface area contributed by atoms with Gasteiger partial charge in [-0.3, -0.25) is 14.3 Å². The second-order valence-electron chi connectivity index (χ2n) is 7.13. The van der Waals surface area contributed by atoms with E-state index in [0.717, 1.165) is 49.9 Å². The van der Waals surface area contributed by atoms with E-state index in [0.29, 0.717) is 22.8 Å². The van der Waals surface area contributed by atoms with Gasteiger partial charge < -0.3 is 4.74 Å². The Balaban J connectivity index is 1.55. The van der Waals surface area contributed by atoms with Crippen molar-refractivity contribution in [1.29, 1.82) is 0 Å². The van der Waals surface area contributed by atoms with Crippen molar-refractivity contribution in [3.63, 3.8) is 0 Å². The van der Waals surface area contributed by atoms with E-state index in [1.807, 2.05) is 0 Å². The first-order chi connectivity index (χ1) is 14.0. The van der Waals surface area contributed by atoms with Crippen LogP contribution in [0.2, 0.25) is 5.02 Å². The highest BCUT2D eigenvalue weighted by Crippen LogP contribution is 2.33. The summed E-state index contributed by atoms with van der Waals surface area (Å²) in [6.45, 7) is 1.33. The summed E-state index contributed by atoms with van der Waals surface area (Å²) in [5.41, 5.74) is 0.101. The van der Waals surface area contributed by atoms with Gasteiger partial charge >= 0.3 is 10.8 Å². The number of ether oxygens (including phenoxy) is 1. The Morgan fingerprint density at radius 1 is 1.24 bits per heavy atom. The number of halogens is 2. The molecule has 0 N–H and O–H groups in total. The van der Waals surface area contributed by atoms with Gasteiger partial charge in [0.25, 0.3) is 0 Å². The van der Waals surface area contributed by atoms with Crippen LogP contribution in [0.3, 0.4) is 0 Å². The Labute approximate surface area is 180 Å². The number of hydrogen-bond donors (Lipinski definition) is 0. The maximum atomic E-state index is 14.5. The summed E-state index contributed by atoms with van der Waals surface area (Å²) in [6, 6.07) is 2.72. The highest BCUT2D eigenvalue weighted by atomic mass is 35.5. The third-order valence-electron chi connectivity index (χ3n) is 5.05. The average molecular weight is 458 g/mol. The summed E-state index contributed by atoms with van der Waals surface area (Å²) >= 11 is 8.37. The Bertz CT molecular complexity index is 1040. The quantitative estimate of drug-likeness (QED) is 0.500. The van der Waals surface area contributed by atoms with Crippen LogP contribution in [0.15, 0.2) is 26.8 Å². The van der Waals surface area contributed by atoms with Crippen LogP contribution in [0.5, 0.6) is 0 Å². The van der Waals surface area contributed by atoms with Crippen LogP contribution >= 0.6 is 34.7 Å². The van der Waals surface area contributed by atoms with Gasteiger partial charge in [0, 0.05) is 18.0 Å². The number of fused-ring (bicyclic) bond motifs is 1. The molecule has 0 unspecified atom stereocenters. The van der Waals surface area contributed by atoms with Gasteiger partial charge in [-0.2, -0.15) is 0 Å². The monoisotopic (exact) mass is 457 g/mol. The van der Waals surface area contributed by atoms with Crippen LogP contribution in [0, 0.1) is 5.82 Å². The molecular formula is C19H21ClFN3O3S2. The van der Waals surface area contributed by atoms with Gasteiger partial charge in [0.05, 0.1) is 10.8 Å². The molecule has 1 fully saturated rings. The molecule has 0 spiro atoms. The lowest BCUT2D eigenvalue weighted by molar-refractivity contribution is -0.145. The summed E-state index contributed by atoms with van der Waals surface area (Å²) in [5, 5.41) is 0.222. The van der Waals surface area contributed by atoms with Crippen molar-refractivity contribution in [3.05, 3.63) is 37.4 Å². The van der Waals surface area contributed by atoms with Gasteiger partial charge in [-0.1, -0.05) is 11.6 Å². The number of aromatic nitrogens is 2. The van der Waals surface area contributed by atoms with E-state index in [2.05, 4.69) is 4.99 Å². The molecule has 1 aliphatic heterocycles. The van der Waals surface area contributed by atoms with Crippen molar-refractivity contribution in [2.75, 3.05) is 5.75 Å². The SMILES string of the molecule is O=C(CSc1cc(N=c2sc(=O)n3n2CCCC3)c(F)cc1Cl)OC1CCCC1. The van der Waals surface area contributed by atoms with Crippen LogP contribution < -0.4 is 9.67 Å². The largest absolute Gasteiger partial charge is 0.462 e. The third kappa shape index (κ3) is 4.78. The second kappa shape index (κ2) is 9.06. The van der Waals surface area contributed by atoms with Crippen LogP contribution in [-0.4, -0.2) is 27.2 Å². The minimum Gasteiger partial charge on any atom is -0.462 e. The molecule has 0 radical (unpaired) electrons. The number of carbonyl (C=O) groups excluding carboxylic acids is 1. The van der Waals surface area contributed by atoms with Gasteiger partial charge in [0.2, 0.25) is 4.80 Å². The normalized spacial score (nSPS) is 17.5. The molecule has 1 aromatic carbocycles. The molecule has 0 bridgehead atoms. The number of carbonyl (C=O) groups is 1. The Morgan fingerprint density at radius 2 is 1.97 bits per heavy atom. The molecule has 156 valence electrons. The van der Waals surface area contributed by atoms with Gasteiger partial charge in [0.15, 0.2) is 0 Å². The number of thioether (sulfide) groups is 1. The molecule has 0 atom stereocenters. The number of esters is 1. The molecule has 1 aromatic heterocycles. The van der Waals surface area contributed by atoms with Crippen molar-refractivity contribution >= 4 is 46.4 Å². The van der Waals surface area contributed by atoms with Gasteiger partial charge in [-0.25, -0.2) is 14.1 Å². The van der Waals surface area contributed by atoms with Crippen LogP contribution in [-0.2, 0) is 22.6 Å². The predicted molar refractivity (Wildman–Crippen MR) is 112 cm³/mol. The lowest BCUT2D eigenvalue weighted by Crippen LogP contribution is -2.31. The molecule has 0 saturated heterocycles. The summed E-state index contributed by atoms with van der Waals surface area (Å²) in [6.07, 6.45) is 5.93. The summed E-state index contributed by atoms with van der Waals surface area (Å²) in [5.74, 6) is -0.759. The minimum absolute atomic E-state index is 0.0122. The van der Waals surface area contributed by atoms with E-state index in [1.54, 1.807) is 9.36 Å². The number of hydrogen-bond acceptors (Lipinski definition) is 6. The topological polar surface area (TPSA) is 65.6 Å². The first-order valence-corrected chi connectivity index (χ1v) is 11.9. The van der Waals surface area contributed by atoms with Crippen LogP contribution in [0.25, 0.3) is 0 Å². The fourth-order valence-corrected chi connectivity index (χ4v) is 5.54. The first kappa shape index (κ1) is 20.7. The van der Waals surface area contributed by atoms with Crippen molar-refractivity contribution in [1.82, 2.24) is 9.36 Å². The van der Waals surface area contributed by atoms with Crippen molar-refractivity contribution in [2.24, 2.45) is 4.99 Å². The second-order valence-corrected chi connectivity index (χ2v) is 9.48. The molecular weight excluding hydrogens is 437 g/mol. The molecule has 0 amide bonds. The fraction of sp³-hybridized carbons (Fsp3) is 0.526. The molecule has 2 aliphatic rings. The minimum atomic E-state index is -0.566. The predicted octanol–water partition coefficient (Wildman–Crippen LogP) is 4.11. The zero-order valence-electron chi connectivity index (χ0n) is 15.7. The molecule has 10 heteroatoms. The number of benzene rings is 1. The molecule has 29 heavy (non-hydrogen) atoms. The Hall–Kier alpha value is -1.58.